The number of halogens is 6. The van der Waals surface area contributed by atoms with Gasteiger partial charge in [-0.05, 0) is 0 Å². The molecular formula is C7H2Cl6N6O. The largest absolute Gasteiger partial charge is 0.372 e. The summed E-state index contributed by atoms with van der Waals surface area (Å²) in [6.07, 6.45) is 2.54. The third kappa shape index (κ3) is 2.70. The number of aromatic nitrogens is 6. The molecule has 0 aliphatic carbocycles. The van der Waals surface area contributed by atoms with Crippen LogP contribution in [0, 0.1) is 0 Å². The molecule has 0 saturated heterocycles. The Morgan fingerprint density at radius 3 is 2.30 bits per heavy atom. The summed E-state index contributed by atoms with van der Waals surface area (Å²) in [5.41, 5.74) is -0.303. The maximum Gasteiger partial charge on any atom is 0.372 e. The van der Waals surface area contributed by atoms with E-state index in [1.54, 1.807) is 0 Å². The van der Waals surface area contributed by atoms with Crippen molar-refractivity contribution in [2.45, 2.75) is 8.13 Å². The van der Waals surface area contributed by atoms with E-state index in [9.17, 15) is 4.79 Å². The number of hydrogen-bond acceptors (Lipinski definition) is 5. The fourth-order valence-electron chi connectivity index (χ4n) is 1.20. The summed E-state index contributed by atoms with van der Waals surface area (Å²) in [6, 6.07) is -0.808. The molecule has 0 unspecified atom stereocenters. The lowest BCUT2D eigenvalue weighted by molar-refractivity contribution is 0.236. The van der Waals surface area contributed by atoms with Gasteiger partial charge in [-0.1, -0.05) is 80.0 Å². The monoisotopic (exact) mass is 396 g/mol. The van der Waals surface area contributed by atoms with Crippen LogP contribution in [0.5, 0.6) is 0 Å². The second kappa shape index (κ2) is 5.47. The minimum atomic E-state index is -2.19. The maximum atomic E-state index is 12.1. The summed E-state index contributed by atoms with van der Waals surface area (Å²) in [5, 5.41) is 13.6. The summed E-state index contributed by atoms with van der Waals surface area (Å²) in [7, 11) is 0. The summed E-state index contributed by atoms with van der Waals surface area (Å²) < 4.78 is -2.86. The van der Waals surface area contributed by atoms with Gasteiger partial charge in [-0.3, -0.25) is 0 Å². The van der Waals surface area contributed by atoms with Gasteiger partial charge in [-0.2, -0.15) is 9.36 Å². The van der Waals surface area contributed by atoms with Gasteiger partial charge in [0.25, 0.3) is 0 Å². The minimum absolute atomic E-state index is 0.296. The van der Waals surface area contributed by atoms with Crippen molar-refractivity contribution in [3.8, 4) is 0 Å². The van der Waals surface area contributed by atoms with Crippen LogP contribution < -0.4 is 0 Å². The first-order chi connectivity index (χ1) is 9.16. The van der Waals surface area contributed by atoms with Crippen molar-refractivity contribution >= 4 is 75.6 Å². The molecular weight excluding hydrogens is 397 g/mol. The molecule has 7 nitrogen and oxygen atoms in total. The van der Waals surface area contributed by atoms with E-state index < -0.39 is 14.2 Å². The van der Waals surface area contributed by atoms with Crippen molar-refractivity contribution in [2.24, 2.45) is 0 Å². The first-order valence-corrected chi connectivity index (χ1v) is 6.90. The maximum absolute atomic E-state index is 12.1. The van der Waals surface area contributed by atoms with Crippen LogP contribution >= 0.6 is 69.6 Å². The van der Waals surface area contributed by atoms with Crippen molar-refractivity contribution in [2.75, 3.05) is 0 Å². The first kappa shape index (κ1) is 16.1. The van der Waals surface area contributed by atoms with Crippen LogP contribution in [0.3, 0.4) is 0 Å². The molecule has 0 spiro atoms. The van der Waals surface area contributed by atoms with Crippen LogP contribution in [-0.2, 0) is 4.33 Å². The normalized spacial score (nSPS) is 12.7. The smallest absolute Gasteiger partial charge is 0.243 e. The number of carbonyl (C=O) groups is 1. The first-order valence-electron chi connectivity index (χ1n) is 4.63. The van der Waals surface area contributed by atoms with E-state index in [0.29, 0.717) is 4.68 Å². The molecule has 0 fully saturated rings. The topological polar surface area (TPSA) is 78.5 Å². The molecule has 2 aromatic heterocycles. The van der Waals surface area contributed by atoms with Crippen LogP contribution in [-0.4, -0.2) is 39.8 Å². The number of carbonyl (C=O) groups excluding carboxylic acids is 1. The molecule has 2 rings (SSSR count). The molecule has 13 heteroatoms. The Morgan fingerprint density at radius 2 is 1.80 bits per heavy atom. The van der Waals surface area contributed by atoms with Crippen LogP contribution in [0.1, 0.15) is 5.69 Å². The highest BCUT2D eigenvalue weighted by Gasteiger charge is 2.52. The van der Waals surface area contributed by atoms with Crippen molar-refractivity contribution in [1.29, 1.82) is 0 Å². The van der Waals surface area contributed by atoms with Gasteiger partial charge in [-0.25, -0.2) is 4.79 Å². The average Bonchev–Trinajstić information content (AvgIpc) is 2.95. The molecule has 0 aliphatic heterocycles. The van der Waals surface area contributed by atoms with Crippen molar-refractivity contribution < 1.29 is 4.79 Å². The van der Waals surface area contributed by atoms with Crippen LogP contribution in [0.25, 0.3) is 0 Å². The third-order valence-electron chi connectivity index (χ3n) is 2.08. The Balaban J connectivity index is 2.57. The van der Waals surface area contributed by atoms with Crippen molar-refractivity contribution in [1.82, 2.24) is 30.0 Å². The fraction of sp³-hybridized carbons (Fsp3) is 0.286. The molecule has 0 saturated carbocycles. The van der Waals surface area contributed by atoms with Gasteiger partial charge in [0.1, 0.15) is 5.69 Å². The highest BCUT2D eigenvalue weighted by atomic mass is 35.6. The molecule has 2 aromatic rings. The summed E-state index contributed by atoms with van der Waals surface area (Å²) in [4.78, 5) is 12.1. The minimum Gasteiger partial charge on any atom is -0.243 e. The van der Waals surface area contributed by atoms with Gasteiger partial charge < -0.3 is 0 Å². The Morgan fingerprint density at radius 1 is 1.15 bits per heavy atom. The lowest BCUT2D eigenvalue weighted by Crippen LogP contribution is -2.35. The number of rotatable bonds is 1. The van der Waals surface area contributed by atoms with Gasteiger partial charge in [0.15, 0.2) is 5.15 Å². The number of nitrogens with zero attached hydrogens (tertiary/aromatic N) is 6. The van der Waals surface area contributed by atoms with Crippen LogP contribution in [0.15, 0.2) is 12.4 Å². The molecule has 108 valence electrons. The summed E-state index contributed by atoms with van der Waals surface area (Å²) in [5.74, 6) is 0. The Bertz CT molecular complexity index is 631. The zero-order chi connectivity index (χ0) is 15.1. The molecule has 0 radical (unpaired) electrons. The highest BCUT2D eigenvalue weighted by molar-refractivity contribution is 6.75. The van der Waals surface area contributed by atoms with E-state index in [1.165, 1.54) is 12.4 Å². The van der Waals surface area contributed by atoms with Crippen LogP contribution in [0.4, 0.5) is 4.79 Å². The fourth-order valence-corrected chi connectivity index (χ4v) is 2.16. The highest BCUT2D eigenvalue weighted by Crippen LogP contribution is 2.53. The van der Waals surface area contributed by atoms with E-state index in [1.807, 2.05) is 0 Å². The lowest BCUT2D eigenvalue weighted by atomic mass is 10.3. The average molecular weight is 399 g/mol. The van der Waals surface area contributed by atoms with Gasteiger partial charge in [-0.15, -0.1) is 10.2 Å². The Kier molecular flexibility index (Phi) is 4.40. The number of hydrogen-bond donors (Lipinski definition) is 0. The van der Waals surface area contributed by atoms with E-state index >= 15 is 0 Å². The predicted octanol–water partition coefficient (Wildman–Crippen LogP) is 3.04. The lowest BCUT2D eigenvalue weighted by Gasteiger charge is -2.26. The SMILES string of the molecule is O=C(n1ccnn1)n1nnc(Cl)c1C(Cl)(Cl)C(Cl)(Cl)Cl. The van der Waals surface area contributed by atoms with E-state index in [-0.39, 0.29) is 10.8 Å². The summed E-state index contributed by atoms with van der Waals surface area (Å²) >= 11 is 34.8. The zero-order valence-electron chi connectivity index (χ0n) is 9.01. The third-order valence-corrected chi connectivity index (χ3v) is 4.69. The van der Waals surface area contributed by atoms with Gasteiger partial charge in [0, 0.05) is 0 Å². The van der Waals surface area contributed by atoms with E-state index in [2.05, 4.69) is 20.6 Å². The molecule has 0 aliphatic rings. The number of alkyl halides is 5. The Labute approximate surface area is 141 Å². The second-order valence-corrected chi connectivity index (χ2v) is 7.31. The van der Waals surface area contributed by atoms with E-state index in [4.69, 9.17) is 69.6 Å². The van der Waals surface area contributed by atoms with Crippen molar-refractivity contribution in [3.05, 3.63) is 23.2 Å². The van der Waals surface area contributed by atoms with E-state index in [0.717, 1.165) is 4.68 Å². The quantitative estimate of drug-likeness (QED) is 0.690. The molecule has 0 aromatic carbocycles. The van der Waals surface area contributed by atoms with Crippen molar-refractivity contribution in [3.63, 3.8) is 0 Å². The van der Waals surface area contributed by atoms with Gasteiger partial charge >= 0.3 is 6.03 Å². The molecule has 2 heterocycles. The molecule has 0 amide bonds. The van der Waals surface area contributed by atoms with Gasteiger partial charge in [0.2, 0.25) is 8.13 Å². The molecule has 0 N–H and O–H groups in total. The summed E-state index contributed by atoms with van der Waals surface area (Å²) in [6.45, 7) is 0. The Hall–Kier alpha value is -0.310. The standard InChI is InChI=1S/C7H2Cl6N6O/c8-4-3(6(9,10)7(11,12)13)19(17-15-4)5(20)18-2-1-14-16-18/h1-2H. The van der Waals surface area contributed by atoms with Crippen LogP contribution in [0.2, 0.25) is 5.15 Å². The predicted molar refractivity (Wildman–Crippen MR) is 74.9 cm³/mol. The molecule has 0 bridgehead atoms. The second-order valence-electron chi connectivity index (χ2n) is 3.34. The van der Waals surface area contributed by atoms with Gasteiger partial charge in [0.05, 0.1) is 12.4 Å². The molecule has 0 atom stereocenters. The molecule has 20 heavy (non-hydrogen) atoms. The zero-order valence-corrected chi connectivity index (χ0v) is 13.5.